The molecular formula is C27H31N3O5S2. The first-order valence-corrected chi connectivity index (χ1v) is 14.8. The summed E-state index contributed by atoms with van der Waals surface area (Å²) in [6.45, 7) is 6.09. The zero-order valence-electron chi connectivity index (χ0n) is 21.3. The number of ether oxygens (including phenoxy) is 1. The molecule has 0 radical (unpaired) electrons. The normalized spacial score (nSPS) is 17.6. The van der Waals surface area contributed by atoms with E-state index in [9.17, 15) is 16.8 Å². The van der Waals surface area contributed by atoms with Gasteiger partial charge in [-0.15, -0.1) is 4.40 Å². The quantitative estimate of drug-likeness (QED) is 0.336. The molecule has 1 aliphatic rings. The van der Waals surface area contributed by atoms with Crippen LogP contribution in [0.4, 0.5) is 0 Å². The van der Waals surface area contributed by atoms with E-state index in [0.717, 1.165) is 11.1 Å². The van der Waals surface area contributed by atoms with Crippen LogP contribution in [-0.2, 0) is 20.0 Å². The summed E-state index contributed by atoms with van der Waals surface area (Å²) in [7, 11) is -6.34. The average Bonchev–Trinajstić information content (AvgIpc) is 2.88. The third-order valence-electron chi connectivity index (χ3n) is 6.37. The maximum atomic E-state index is 13.8. The number of rotatable bonds is 6. The molecule has 37 heavy (non-hydrogen) atoms. The molecule has 0 aromatic heterocycles. The number of benzene rings is 3. The SMILES string of the molecule is COc1ccc(C2N(/C(C)=N/S(=O)(=O)c3ccc(C)cc3)CCCN2S(=O)(=O)c2ccc(C)cc2)cc1. The van der Waals surface area contributed by atoms with Crippen molar-refractivity contribution in [1.82, 2.24) is 9.21 Å². The van der Waals surface area contributed by atoms with Crippen molar-refractivity contribution < 1.29 is 21.6 Å². The molecule has 1 fully saturated rings. The number of hydrogen-bond donors (Lipinski definition) is 0. The van der Waals surface area contributed by atoms with Gasteiger partial charge in [0.15, 0.2) is 0 Å². The van der Waals surface area contributed by atoms with Crippen LogP contribution in [0.1, 0.15) is 36.2 Å². The smallest absolute Gasteiger partial charge is 0.283 e. The minimum atomic E-state index is -3.99. The van der Waals surface area contributed by atoms with Gasteiger partial charge in [-0.05, 0) is 69.2 Å². The third-order valence-corrected chi connectivity index (χ3v) is 9.61. The monoisotopic (exact) mass is 541 g/mol. The van der Waals surface area contributed by atoms with Crippen molar-refractivity contribution in [2.24, 2.45) is 4.40 Å². The first-order chi connectivity index (χ1) is 17.5. The molecule has 0 N–H and O–H groups in total. The molecule has 1 saturated heterocycles. The van der Waals surface area contributed by atoms with Gasteiger partial charge < -0.3 is 9.64 Å². The highest BCUT2D eigenvalue weighted by Gasteiger charge is 2.39. The molecule has 0 bridgehead atoms. The summed E-state index contributed by atoms with van der Waals surface area (Å²) in [5.74, 6) is 0.844. The number of aryl methyl sites for hydroxylation is 2. The first kappa shape index (κ1) is 26.8. The highest BCUT2D eigenvalue weighted by molar-refractivity contribution is 7.90. The minimum Gasteiger partial charge on any atom is -0.497 e. The molecule has 0 saturated carbocycles. The molecular weight excluding hydrogens is 510 g/mol. The second-order valence-corrected chi connectivity index (χ2v) is 12.5. The molecule has 4 rings (SSSR count). The van der Waals surface area contributed by atoms with Gasteiger partial charge in [0.25, 0.3) is 10.0 Å². The van der Waals surface area contributed by atoms with Gasteiger partial charge in [0.1, 0.15) is 17.8 Å². The summed E-state index contributed by atoms with van der Waals surface area (Å²) < 4.78 is 64.7. The fraction of sp³-hybridized carbons (Fsp3) is 0.296. The second-order valence-electron chi connectivity index (χ2n) is 9.05. The predicted octanol–water partition coefficient (Wildman–Crippen LogP) is 4.51. The van der Waals surface area contributed by atoms with Gasteiger partial charge in [-0.3, -0.25) is 0 Å². The molecule has 10 heteroatoms. The van der Waals surface area contributed by atoms with E-state index in [-0.39, 0.29) is 22.2 Å². The molecule has 8 nitrogen and oxygen atoms in total. The van der Waals surface area contributed by atoms with Crippen LogP contribution in [0.2, 0.25) is 0 Å². The van der Waals surface area contributed by atoms with Gasteiger partial charge in [0.2, 0.25) is 10.0 Å². The van der Waals surface area contributed by atoms with Gasteiger partial charge in [-0.1, -0.05) is 47.5 Å². The van der Waals surface area contributed by atoms with Crippen molar-refractivity contribution in [3.8, 4) is 5.75 Å². The third kappa shape index (κ3) is 5.71. The Morgan fingerprint density at radius 1 is 0.811 bits per heavy atom. The highest BCUT2D eigenvalue weighted by atomic mass is 32.2. The van der Waals surface area contributed by atoms with E-state index in [1.165, 1.54) is 16.4 Å². The maximum Gasteiger partial charge on any atom is 0.283 e. The number of sulfonamides is 2. The Hall–Kier alpha value is -3.21. The van der Waals surface area contributed by atoms with Crippen LogP contribution in [0, 0.1) is 13.8 Å². The van der Waals surface area contributed by atoms with Crippen LogP contribution >= 0.6 is 0 Å². The van der Waals surface area contributed by atoms with Crippen molar-refractivity contribution in [2.45, 2.75) is 43.1 Å². The fourth-order valence-corrected chi connectivity index (χ4v) is 7.00. The van der Waals surface area contributed by atoms with E-state index < -0.39 is 26.2 Å². The minimum absolute atomic E-state index is 0.0830. The largest absolute Gasteiger partial charge is 0.497 e. The maximum absolute atomic E-state index is 13.8. The van der Waals surface area contributed by atoms with Gasteiger partial charge in [-0.2, -0.15) is 12.7 Å². The molecule has 1 atom stereocenters. The summed E-state index contributed by atoms with van der Waals surface area (Å²) in [5, 5.41) is 0. The second kappa shape index (κ2) is 10.6. The summed E-state index contributed by atoms with van der Waals surface area (Å²) in [4.78, 5) is 2.00. The Morgan fingerprint density at radius 3 is 1.89 bits per heavy atom. The number of amidine groups is 1. The first-order valence-electron chi connectivity index (χ1n) is 11.9. The summed E-state index contributed by atoms with van der Waals surface area (Å²) in [5.41, 5.74) is 2.57. The van der Waals surface area contributed by atoms with E-state index >= 15 is 0 Å². The lowest BCUT2D eigenvalue weighted by Crippen LogP contribution is -2.51. The van der Waals surface area contributed by atoms with E-state index in [0.29, 0.717) is 24.3 Å². The zero-order valence-corrected chi connectivity index (χ0v) is 23.0. The highest BCUT2D eigenvalue weighted by Crippen LogP contribution is 2.35. The standard InChI is InChI=1S/C27H31N3O5S2/c1-20-6-14-25(15-7-20)36(31,32)28-22(3)29-18-5-19-30(27(29)23-10-12-24(35-4)13-11-23)37(33,34)26-16-8-21(2)9-17-26/h6-17,27H,5,18-19H2,1-4H3/b28-22+. The molecule has 3 aromatic carbocycles. The Kier molecular flexibility index (Phi) is 7.72. The summed E-state index contributed by atoms with van der Waals surface area (Å²) >= 11 is 0. The zero-order chi connectivity index (χ0) is 26.8. The topological polar surface area (TPSA) is 96.3 Å². The molecule has 1 heterocycles. The van der Waals surface area contributed by atoms with E-state index in [1.807, 2.05) is 13.8 Å². The van der Waals surface area contributed by atoms with Crippen LogP contribution in [0.15, 0.2) is 87.0 Å². The van der Waals surface area contributed by atoms with Crippen LogP contribution < -0.4 is 4.74 Å². The summed E-state index contributed by atoms with van der Waals surface area (Å²) in [6, 6.07) is 20.3. The van der Waals surface area contributed by atoms with Gasteiger partial charge >= 0.3 is 0 Å². The van der Waals surface area contributed by atoms with Crippen molar-refractivity contribution in [3.63, 3.8) is 0 Å². The number of hydrogen-bond acceptors (Lipinski definition) is 5. The van der Waals surface area contributed by atoms with Gasteiger partial charge in [0.05, 0.1) is 16.9 Å². The Bertz CT molecular complexity index is 1480. The molecule has 0 amide bonds. The van der Waals surface area contributed by atoms with Crippen LogP contribution in [0.5, 0.6) is 5.75 Å². The lowest BCUT2D eigenvalue weighted by molar-refractivity contribution is 0.124. The van der Waals surface area contributed by atoms with Crippen molar-refractivity contribution in [1.29, 1.82) is 0 Å². The lowest BCUT2D eigenvalue weighted by Gasteiger charge is -2.44. The molecule has 196 valence electrons. The fourth-order valence-electron chi connectivity index (χ4n) is 4.34. The van der Waals surface area contributed by atoms with Gasteiger partial charge in [-0.25, -0.2) is 8.42 Å². The Balaban J connectivity index is 1.80. The van der Waals surface area contributed by atoms with Crippen molar-refractivity contribution in [3.05, 3.63) is 89.5 Å². The molecule has 1 aliphatic heterocycles. The van der Waals surface area contributed by atoms with Crippen LogP contribution in [-0.4, -0.2) is 52.1 Å². The average molecular weight is 542 g/mol. The van der Waals surface area contributed by atoms with E-state index in [4.69, 9.17) is 4.74 Å². The Labute approximate surface area is 219 Å². The molecule has 0 spiro atoms. The Morgan fingerprint density at radius 2 is 1.35 bits per heavy atom. The van der Waals surface area contributed by atoms with Crippen LogP contribution in [0.25, 0.3) is 0 Å². The van der Waals surface area contributed by atoms with Crippen molar-refractivity contribution >= 4 is 25.9 Å². The molecule has 1 unspecified atom stereocenters. The van der Waals surface area contributed by atoms with Crippen molar-refractivity contribution in [2.75, 3.05) is 20.2 Å². The number of methoxy groups -OCH3 is 1. The van der Waals surface area contributed by atoms with E-state index in [1.54, 1.807) is 79.6 Å². The number of nitrogens with zero attached hydrogens (tertiary/aromatic N) is 3. The predicted molar refractivity (Wildman–Crippen MR) is 144 cm³/mol. The van der Waals surface area contributed by atoms with E-state index in [2.05, 4.69) is 4.40 Å². The molecule has 0 aliphatic carbocycles. The summed E-state index contributed by atoms with van der Waals surface area (Å²) in [6.07, 6.45) is -0.280. The lowest BCUT2D eigenvalue weighted by atomic mass is 10.1. The van der Waals surface area contributed by atoms with Gasteiger partial charge in [0, 0.05) is 13.1 Å². The molecule has 3 aromatic rings. The van der Waals surface area contributed by atoms with Crippen LogP contribution in [0.3, 0.4) is 0 Å².